The van der Waals surface area contributed by atoms with E-state index in [2.05, 4.69) is 48.2 Å². The Hall–Kier alpha value is -1.96. The van der Waals surface area contributed by atoms with Gasteiger partial charge in [0.25, 0.3) is 0 Å². The van der Waals surface area contributed by atoms with E-state index < -0.39 is 0 Å². The molecule has 2 nitrogen and oxygen atoms in total. The minimum absolute atomic E-state index is 0.625. The molecule has 0 spiro atoms. The summed E-state index contributed by atoms with van der Waals surface area (Å²) in [4.78, 5) is 2.53. The number of para-hydroxylation sites is 1. The highest BCUT2D eigenvalue weighted by atomic mass is 15.2. The lowest BCUT2D eigenvalue weighted by atomic mass is 9.98. The highest BCUT2D eigenvalue weighted by Crippen LogP contribution is 2.32. The van der Waals surface area contributed by atoms with Gasteiger partial charge in [0.2, 0.25) is 0 Å². The van der Waals surface area contributed by atoms with Crippen molar-refractivity contribution in [2.75, 3.05) is 23.7 Å². The molecule has 0 bridgehead atoms. The van der Waals surface area contributed by atoms with Crippen LogP contribution in [0.1, 0.15) is 30.4 Å². The Morgan fingerprint density at radius 2 is 1.85 bits per heavy atom. The molecule has 3 rings (SSSR count). The number of nitrogens with two attached hydrogens (primary N) is 1. The zero-order chi connectivity index (χ0) is 13.9. The monoisotopic (exact) mass is 266 g/mol. The second kappa shape index (κ2) is 5.58. The first-order valence-corrected chi connectivity index (χ1v) is 7.46. The highest BCUT2D eigenvalue weighted by Gasteiger charge is 2.24. The third-order valence-electron chi connectivity index (χ3n) is 4.31. The molecule has 1 unspecified atom stereocenters. The van der Waals surface area contributed by atoms with Crippen molar-refractivity contribution in [1.82, 2.24) is 0 Å². The summed E-state index contributed by atoms with van der Waals surface area (Å²) in [6.45, 7) is 4.49. The van der Waals surface area contributed by atoms with E-state index in [0.29, 0.717) is 5.92 Å². The van der Waals surface area contributed by atoms with E-state index in [1.807, 2.05) is 12.1 Å². The summed E-state index contributed by atoms with van der Waals surface area (Å²) >= 11 is 0. The molecule has 0 radical (unpaired) electrons. The molecule has 2 N–H and O–H groups in total. The average molecular weight is 266 g/mol. The molecule has 0 amide bonds. The molecular weight excluding hydrogens is 244 g/mol. The Balaban J connectivity index is 1.78. The van der Waals surface area contributed by atoms with Gasteiger partial charge in [-0.05, 0) is 42.2 Å². The minimum Gasteiger partial charge on any atom is -0.399 e. The van der Waals surface area contributed by atoms with Crippen molar-refractivity contribution < 1.29 is 0 Å². The van der Waals surface area contributed by atoms with Crippen LogP contribution in [-0.2, 0) is 6.42 Å². The molecule has 2 aromatic rings. The van der Waals surface area contributed by atoms with Crippen LogP contribution >= 0.6 is 0 Å². The van der Waals surface area contributed by atoms with Crippen molar-refractivity contribution >= 4 is 11.4 Å². The van der Waals surface area contributed by atoms with Crippen LogP contribution in [0.5, 0.6) is 0 Å². The van der Waals surface area contributed by atoms with E-state index in [4.69, 9.17) is 5.73 Å². The van der Waals surface area contributed by atoms with Crippen LogP contribution in [0.2, 0.25) is 0 Å². The summed E-state index contributed by atoms with van der Waals surface area (Å²) in [6.07, 6.45) is 2.32. The molecule has 1 aliphatic rings. The first-order chi connectivity index (χ1) is 9.78. The third-order valence-corrected chi connectivity index (χ3v) is 4.31. The summed E-state index contributed by atoms with van der Waals surface area (Å²) in [7, 11) is 0. The second-order valence-electron chi connectivity index (χ2n) is 5.58. The average Bonchev–Trinajstić information content (AvgIpc) is 2.97. The summed E-state index contributed by atoms with van der Waals surface area (Å²) in [5.41, 5.74) is 10.9. The molecule has 2 heteroatoms. The SMILES string of the molecule is CCc1ccccc1N1CCC(c2ccc(N)cc2)C1. The normalized spacial score (nSPS) is 18.4. The van der Waals surface area contributed by atoms with Gasteiger partial charge in [0, 0.05) is 30.4 Å². The van der Waals surface area contributed by atoms with Crippen molar-refractivity contribution in [3.8, 4) is 0 Å². The third kappa shape index (κ3) is 2.51. The molecule has 0 aromatic heterocycles. The number of nitrogens with zero attached hydrogens (tertiary/aromatic N) is 1. The van der Waals surface area contributed by atoms with Crippen molar-refractivity contribution in [1.29, 1.82) is 0 Å². The summed E-state index contributed by atoms with van der Waals surface area (Å²) in [5.74, 6) is 0.625. The number of hydrogen-bond acceptors (Lipinski definition) is 2. The molecule has 1 heterocycles. The second-order valence-corrected chi connectivity index (χ2v) is 5.58. The highest BCUT2D eigenvalue weighted by molar-refractivity contribution is 5.55. The molecule has 1 atom stereocenters. The predicted molar refractivity (Wildman–Crippen MR) is 86.2 cm³/mol. The largest absolute Gasteiger partial charge is 0.399 e. The number of rotatable bonds is 3. The Bertz CT molecular complexity index is 574. The van der Waals surface area contributed by atoms with Gasteiger partial charge in [-0.15, -0.1) is 0 Å². The standard InChI is InChI=1S/C18H22N2/c1-2-14-5-3-4-6-18(14)20-12-11-16(13-20)15-7-9-17(19)10-8-15/h3-10,16H,2,11-13,19H2,1H3. The number of hydrogen-bond donors (Lipinski definition) is 1. The van der Waals surface area contributed by atoms with E-state index in [1.54, 1.807) is 0 Å². The Morgan fingerprint density at radius 3 is 2.60 bits per heavy atom. The fourth-order valence-corrected chi connectivity index (χ4v) is 3.14. The zero-order valence-electron chi connectivity index (χ0n) is 12.0. The van der Waals surface area contributed by atoms with E-state index in [1.165, 1.54) is 23.2 Å². The predicted octanol–water partition coefficient (Wildman–Crippen LogP) is 3.83. The zero-order valence-corrected chi connectivity index (χ0v) is 12.0. The molecule has 104 valence electrons. The van der Waals surface area contributed by atoms with Gasteiger partial charge < -0.3 is 10.6 Å². The van der Waals surface area contributed by atoms with Gasteiger partial charge in [0.05, 0.1) is 0 Å². The van der Waals surface area contributed by atoms with Crippen molar-refractivity contribution in [2.24, 2.45) is 0 Å². The van der Waals surface area contributed by atoms with Crippen molar-refractivity contribution in [2.45, 2.75) is 25.7 Å². The molecule has 2 aromatic carbocycles. The van der Waals surface area contributed by atoms with Gasteiger partial charge in [0.15, 0.2) is 0 Å². The van der Waals surface area contributed by atoms with Crippen LogP contribution in [-0.4, -0.2) is 13.1 Å². The van der Waals surface area contributed by atoms with Crippen LogP contribution in [0.25, 0.3) is 0 Å². The maximum Gasteiger partial charge on any atom is 0.0398 e. The van der Waals surface area contributed by atoms with Gasteiger partial charge in [-0.1, -0.05) is 37.3 Å². The maximum atomic E-state index is 5.77. The van der Waals surface area contributed by atoms with Crippen molar-refractivity contribution in [3.63, 3.8) is 0 Å². The van der Waals surface area contributed by atoms with Gasteiger partial charge in [-0.3, -0.25) is 0 Å². The van der Waals surface area contributed by atoms with E-state index >= 15 is 0 Å². The molecule has 1 fully saturated rings. The number of aryl methyl sites for hydroxylation is 1. The van der Waals surface area contributed by atoms with Crippen LogP contribution in [0.4, 0.5) is 11.4 Å². The van der Waals surface area contributed by atoms with E-state index in [9.17, 15) is 0 Å². The molecule has 0 aliphatic carbocycles. The minimum atomic E-state index is 0.625. The topological polar surface area (TPSA) is 29.3 Å². The number of nitrogen functional groups attached to an aromatic ring is 1. The lowest BCUT2D eigenvalue weighted by Gasteiger charge is -2.22. The lowest BCUT2D eigenvalue weighted by Crippen LogP contribution is -2.20. The van der Waals surface area contributed by atoms with Crippen LogP contribution in [0, 0.1) is 0 Å². The fraction of sp³-hybridized carbons (Fsp3) is 0.333. The van der Waals surface area contributed by atoms with Gasteiger partial charge in [-0.25, -0.2) is 0 Å². The Morgan fingerprint density at radius 1 is 1.10 bits per heavy atom. The molecule has 1 saturated heterocycles. The summed E-state index contributed by atoms with van der Waals surface area (Å²) in [6, 6.07) is 17.2. The first-order valence-electron chi connectivity index (χ1n) is 7.46. The van der Waals surface area contributed by atoms with Gasteiger partial charge in [0.1, 0.15) is 0 Å². The van der Waals surface area contributed by atoms with Crippen LogP contribution in [0.15, 0.2) is 48.5 Å². The quantitative estimate of drug-likeness (QED) is 0.856. The van der Waals surface area contributed by atoms with Crippen LogP contribution in [0.3, 0.4) is 0 Å². The summed E-state index contributed by atoms with van der Waals surface area (Å²) < 4.78 is 0. The van der Waals surface area contributed by atoms with Gasteiger partial charge in [-0.2, -0.15) is 0 Å². The summed E-state index contributed by atoms with van der Waals surface area (Å²) in [5, 5.41) is 0. The maximum absolute atomic E-state index is 5.77. The van der Waals surface area contributed by atoms with E-state index in [-0.39, 0.29) is 0 Å². The molecular formula is C18H22N2. The van der Waals surface area contributed by atoms with E-state index in [0.717, 1.165) is 25.2 Å². The number of anilines is 2. The van der Waals surface area contributed by atoms with Crippen molar-refractivity contribution in [3.05, 3.63) is 59.7 Å². The molecule has 1 aliphatic heterocycles. The van der Waals surface area contributed by atoms with Crippen LogP contribution < -0.4 is 10.6 Å². The molecule has 20 heavy (non-hydrogen) atoms. The first kappa shape index (κ1) is 13.0. The fourth-order valence-electron chi connectivity index (χ4n) is 3.14. The molecule has 0 saturated carbocycles. The smallest absolute Gasteiger partial charge is 0.0398 e. The Kier molecular flexibility index (Phi) is 3.64. The lowest BCUT2D eigenvalue weighted by molar-refractivity contribution is 0.775. The number of benzene rings is 2. The van der Waals surface area contributed by atoms with Gasteiger partial charge >= 0.3 is 0 Å². The Labute approximate surface area is 121 Å².